The molecule has 0 heterocycles. The Morgan fingerprint density at radius 2 is 1.79 bits per heavy atom. The van der Waals surface area contributed by atoms with Crippen LogP contribution in [0.1, 0.15) is 19.3 Å². The normalized spacial score (nSPS) is 39.8. The van der Waals surface area contributed by atoms with Crippen LogP contribution < -0.4 is 0 Å². The van der Waals surface area contributed by atoms with Crippen molar-refractivity contribution < 1.29 is 19.4 Å². The highest BCUT2D eigenvalue weighted by Crippen LogP contribution is 2.52. The molecular formula is C10H14O4. The van der Waals surface area contributed by atoms with E-state index in [1.807, 2.05) is 0 Å². The summed E-state index contributed by atoms with van der Waals surface area (Å²) < 4.78 is 4.66. The van der Waals surface area contributed by atoms with Crippen LogP contribution in [0.15, 0.2) is 0 Å². The van der Waals surface area contributed by atoms with Crippen LogP contribution in [-0.4, -0.2) is 24.2 Å². The van der Waals surface area contributed by atoms with E-state index in [4.69, 9.17) is 5.11 Å². The van der Waals surface area contributed by atoms with Gasteiger partial charge in [0.15, 0.2) is 0 Å². The summed E-state index contributed by atoms with van der Waals surface area (Å²) in [6.45, 7) is 0. The van der Waals surface area contributed by atoms with E-state index in [0.29, 0.717) is 0 Å². The van der Waals surface area contributed by atoms with Gasteiger partial charge in [-0.25, -0.2) is 0 Å². The van der Waals surface area contributed by atoms with Crippen molar-refractivity contribution >= 4 is 11.9 Å². The number of methoxy groups -OCH3 is 1. The molecule has 0 aromatic heterocycles. The zero-order chi connectivity index (χ0) is 10.3. The molecule has 0 aromatic carbocycles. The summed E-state index contributed by atoms with van der Waals surface area (Å²) >= 11 is 0. The zero-order valence-electron chi connectivity index (χ0n) is 8.10. The first-order valence-electron chi connectivity index (χ1n) is 4.95. The molecule has 14 heavy (non-hydrogen) atoms. The first kappa shape index (κ1) is 9.49. The highest BCUT2D eigenvalue weighted by molar-refractivity contribution is 5.82. The molecule has 1 N–H and O–H groups in total. The Bertz CT molecular complexity index is 273. The third kappa shape index (κ3) is 1.21. The smallest absolute Gasteiger partial charge is 0.309 e. The lowest BCUT2D eigenvalue weighted by molar-refractivity contribution is -0.158. The van der Waals surface area contributed by atoms with Crippen LogP contribution in [0.25, 0.3) is 0 Å². The first-order valence-corrected chi connectivity index (χ1v) is 4.95. The van der Waals surface area contributed by atoms with Crippen molar-refractivity contribution in [1.82, 2.24) is 0 Å². The molecule has 2 unspecified atom stereocenters. The number of carbonyl (C=O) groups is 2. The van der Waals surface area contributed by atoms with Crippen LogP contribution in [0, 0.1) is 23.7 Å². The van der Waals surface area contributed by atoms with Crippen LogP contribution in [0.3, 0.4) is 0 Å². The molecule has 0 spiro atoms. The lowest BCUT2D eigenvalue weighted by Gasteiger charge is -2.25. The van der Waals surface area contributed by atoms with E-state index in [1.54, 1.807) is 0 Å². The van der Waals surface area contributed by atoms with E-state index in [9.17, 15) is 9.59 Å². The standard InChI is InChI=1S/C10H14O4/c1-14-10(13)8-6-3-2-5(4-6)7(8)9(11)12/h5-8H,2-4H2,1H3,(H,11,12)/t5-,6?,7?,8+/m0/s1. The van der Waals surface area contributed by atoms with Crippen LogP contribution in [0.2, 0.25) is 0 Å². The molecule has 0 saturated heterocycles. The molecule has 2 saturated carbocycles. The Morgan fingerprint density at radius 1 is 1.21 bits per heavy atom. The number of rotatable bonds is 2. The second kappa shape index (κ2) is 3.26. The molecule has 2 fully saturated rings. The molecular weight excluding hydrogens is 184 g/mol. The number of fused-ring (bicyclic) bond motifs is 2. The van der Waals surface area contributed by atoms with Crippen LogP contribution in [0.5, 0.6) is 0 Å². The Labute approximate surface area is 82.2 Å². The van der Waals surface area contributed by atoms with Crippen molar-refractivity contribution in [3.05, 3.63) is 0 Å². The molecule has 2 rings (SSSR count). The summed E-state index contributed by atoms with van der Waals surface area (Å²) in [5, 5.41) is 9.04. The van der Waals surface area contributed by atoms with E-state index in [2.05, 4.69) is 4.74 Å². The fourth-order valence-corrected chi connectivity index (χ4v) is 3.12. The van der Waals surface area contributed by atoms with Crippen molar-refractivity contribution in [1.29, 1.82) is 0 Å². The Kier molecular flexibility index (Phi) is 2.21. The Balaban J connectivity index is 2.21. The summed E-state index contributed by atoms with van der Waals surface area (Å²) in [5.41, 5.74) is 0. The third-order valence-corrected chi connectivity index (χ3v) is 3.67. The second-order valence-electron chi connectivity index (χ2n) is 4.25. The number of esters is 1. The number of hydrogen-bond donors (Lipinski definition) is 1. The van der Waals surface area contributed by atoms with E-state index in [-0.39, 0.29) is 17.8 Å². The fourth-order valence-electron chi connectivity index (χ4n) is 3.12. The lowest BCUT2D eigenvalue weighted by atomic mass is 9.79. The van der Waals surface area contributed by atoms with E-state index in [0.717, 1.165) is 19.3 Å². The number of carbonyl (C=O) groups excluding carboxylic acids is 1. The largest absolute Gasteiger partial charge is 0.481 e. The molecule has 2 bridgehead atoms. The van der Waals surface area contributed by atoms with E-state index in [1.165, 1.54) is 7.11 Å². The van der Waals surface area contributed by atoms with Crippen LogP contribution in [0.4, 0.5) is 0 Å². The highest BCUT2D eigenvalue weighted by atomic mass is 16.5. The summed E-state index contributed by atoms with van der Waals surface area (Å²) in [6.07, 6.45) is 2.82. The maximum Gasteiger partial charge on any atom is 0.309 e. The number of ether oxygens (including phenoxy) is 1. The molecule has 4 atom stereocenters. The maximum absolute atomic E-state index is 11.4. The number of hydrogen-bond acceptors (Lipinski definition) is 3. The van der Waals surface area contributed by atoms with Crippen LogP contribution in [-0.2, 0) is 14.3 Å². The second-order valence-corrected chi connectivity index (χ2v) is 4.25. The monoisotopic (exact) mass is 198 g/mol. The summed E-state index contributed by atoms with van der Waals surface area (Å²) in [7, 11) is 1.33. The molecule has 0 aromatic rings. The lowest BCUT2D eigenvalue weighted by Crippen LogP contribution is -2.35. The van der Waals surface area contributed by atoms with Crippen molar-refractivity contribution in [2.45, 2.75) is 19.3 Å². The minimum absolute atomic E-state index is 0.196. The molecule has 4 heteroatoms. The van der Waals surface area contributed by atoms with Gasteiger partial charge >= 0.3 is 11.9 Å². The molecule has 2 aliphatic rings. The number of carboxylic acids is 1. The van der Waals surface area contributed by atoms with Gasteiger partial charge in [-0.15, -0.1) is 0 Å². The average Bonchev–Trinajstić information content (AvgIpc) is 2.74. The van der Waals surface area contributed by atoms with Crippen molar-refractivity contribution in [2.75, 3.05) is 7.11 Å². The van der Waals surface area contributed by atoms with Gasteiger partial charge in [-0.2, -0.15) is 0 Å². The molecule has 2 aliphatic carbocycles. The van der Waals surface area contributed by atoms with Gasteiger partial charge in [0.25, 0.3) is 0 Å². The Morgan fingerprint density at radius 3 is 2.29 bits per heavy atom. The van der Waals surface area contributed by atoms with Gasteiger partial charge in [0, 0.05) is 0 Å². The minimum atomic E-state index is -0.840. The van der Waals surface area contributed by atoms with Gasteiger partial charge in [0.1, 0.15) is 0 Å². The van der Waals surface area contributed by atoms with E-state index >= 15 is 0 Å². The van der Waals surface area contributed by atoms with Gasteiger partial charge in [0.2, 0.25) is 0 Å². The summed E-state index contributed by atoms with van der Waals surface area (Å²) in [5.74, 6) is -1.63. The highest BCUT2D eigenvalue weighted by Gasteiger charge is 2.54. The van der Waals surface area contributed by atoms with E-state index < -0.39 is 17.8 Å². The van der Waals surface area contributed by atoms with Gasteiger partial charge in [0.05, 0.1) is 18.9 Å². The molecule has 78 valence electrons. The van der Waals surface area contributed by atoms with Crippen molar-refractivity contribution in [3.8, 4) is 0 Å². The first-order chi connectivity index (χ1) is 6.65. The number of carboxylic acid groups (broad SMARTS) is 1. The molecule has 0 amide bonds. The summed E-state index contributed by atoms with van der Waals surface area (Å²) in [4.78, 5) is 22.4. The maximum atomic E-state index is 11.4. The predicted octanol–water partition coefficient (Wildman–Crippen LogP) is 0.906. The average molecular weight is 198 g/mol. The molecule has 0 aliphatic heterocycles. The number of aliphatic carboxylic acids is 1. The summed E-state index contributed by atoms with van der Waals surface area (Å²) in [6, 6.07) is 0. The quantitative estimate of drug-likeness (QED) is 0.670. The van der Waals surface area contributed by atoms with Gasteiger partial charge < -0.3 is 9.84 Å². The molecule has 4 nitrogen and oxygen atoms in total. The fraction of sp³-hybridized carbons (Fsp3) is 0.800. The molecule has 0 radical (unpaired) electrons. The van der Waals surface area contributed by atoms with Gasteiger partial charge in [-0.1, -0.05) is 0 Å². The third-order valence-electron chi connectivity index (χ3n) is 3.67. The van der Waals surface area contributed by atoms with Gasteiger partial charge in [-0.05, 0) is 31.1 Å². The van der Waals surface area contributed by atoms with Crippen molar-refractivity contribution in [3.63, 3.8) is 0 Å². The zero-order valence-corrected chi connectivity index (χ0v) is 8.10. The topological polar surface area (TPSA) is 63.6 Å². The van der Waals surface area contributed by atoms with Crippen LogP contribution >= 0.6 is 0 Å². The Hall–Kier alpha value is -1.06. The minimum Gasteiger partial charge on any atom is -0.481 e. The van der Waals surface area contributed by atoms with Gasteiger partial charge in [-0.3, -0.25) is 9.59 Å². The SMILES string of the molecule is COC(=O)[C@@H]1C2CC[C@@H](C2)C1C(=O)O. The van der Waals surface area contributed by atoms with Crippen molar-refractivity contribution in [2.24, 2.45) is 23.7 Å². The predicted molar refractivity (Wildman–Crippen MR) is 47.5 cm³/mol.